The van der Waals surface area contributed by atoms with Crippen LogP contribution in [0.5, 0.6) is 0 Å². The highest BCUT2D eigenvalue weighted by molar-refractivity contribution is 7.92. The van der Waals surface area contributed by atoms with Gasteiger partial charge >= 0.3 is 0 Å². The Morgan fingerprint density at radius 2 is 1.93 bits per heavy atom. The summed E-state index contributed by atoms with van der Waals surface area (Å²) < 4.78 is 26.9. The molecule has 0 spiro atoms. The Bertz CT molecular complexity index is 259. The average Bonchev–Trinajstić information content (AvgIpc) is 1.99. The number of methoxy groups -OCH3 is 1. The largest absolute Gasteiger partial charge is 0.383 e. The normalized spacial score (nSPS) is 15.5. The third-order valence-corrected chi connectivity index (χ3v) is 4.45. The molecule has 0 bridgehead atoms. The lowest BCUT2D eigenvalue weighted by Crippen LogP contribution is -2.45. The van der Waals surface area contributed by atoms with Crippen molar-refractivity contribution in [2.45, 2.75) is 31.6 Å². The number of nitrogens with one attached hydrogen (secondary N) is 1. The fourth-order valence-corrected chi connectivity index (χ4v) is 1.21. The van der Waals surface area contributed by atoms with Gasteiger partial charge in [-0.1, -0.05) is 0 Å². The molecule has 4 nitrogen and oxygen atoms in total. The molecule has 5 heteroatoms. The highest BCUT2D eigenvalue weighted by Gasteiger charge is 2.29. The van der Waals surface area contributed by atoms with Crippen molar-refractivity contribution >= 4 is 9.84 Å². The molecule has 0 saturated heterocycles. The molecular formula is C9H21NO3S. The molecule has 0 saturated carbocycles. The molecule has 0 aromatic heterocycles. The summed E-state index contributed by atoms with van der Waals surface area (Å²) in [7, 11) is -1.39. The fourth-order valence-electron chi connectivity index (χ4n) is 0.860. The summed E-state index contributed by atoms with van der Waals surface area (Å²) in [6, 6.07) is 0.168. The summed E-state index contributed by atoms with van der Waals surface area (Å²) in [5, 5.41) is 3.13. The molecule has 0 aromatic rings. The molecule has 1 N–H and O–H groups in total. The van der Waals surface area contributed by atoms with Crippen LogP contribution in [-0.4, -0.2) is 45.7 Å². The quantitative estimate of drug-likeness (QED) is 0.709. The first-order valence-electron chi connectivity index (χ1n) is 4.62. The SMILES string of the molecule is COCC(C)NCC(C)(C)S(C)(=O)=O. The van der Waals surface area contributed by atoms with E-state index in [1.807, 2.05) is 6.92 Å². The summed E-state index contributed by atoms with van der Waals surface area (Å²) in [6.45, 7) is 6.42. The zero-order valence-corrected chi connectivity index (χ0v) is 10.4. The summed E-state index contributed by atoms with van der Waals surface area (Å²) in [4.78, 5) is 0. The van der Waals surface area contributed by atoms with Crippen LogP contribution in [0.2, 0.25) is 0 Å². The van der Waals surface area contributed by atoms with Gasteiger partial charge in [-0.05, 0) is 20.8 Å². The van der Waals surface area contributed by atoms with Crippen molar-refractivity contribution in [3.05, 3.63) is 0 Å². The average molecular weight is 223 g/mol. The lowest BCUT2D eigenvalue weighted by Gasteiger charge is -2.25. The van der Waals surface area contributed by atoms with Crippen LogP contribution in [0.15, 0.2) is 0 Å². The third kappa shape index (κ3) is 4.39. The van der Waals surface area contributed by atoms with Crippen molar-refractivity contribution in [1.29, 1.82) is 0 Å². The first kappa shape index (κ1) is 13.9. The van der Waals surface area contributed by atoms with E-state index in [-0.39, 0.29) is 6.04 Å². The summed E-state index contributed by atoms with van der Waals surface area (Å²) in [6.07, 6.45) is 1.26. The van der Waals surface area contributed by atoms with Crippen molar-refractivity contribution in [1.82, 2.24) is 5.32 Å². The van der Waals surface area contributed by atoms with Crippen molar-refractivity contribution in [2.75, 3.05) is 26.5 Å². The zero-order chi connectivity index (χ0) is 11.4. The molecule has 0 fully saturated rings. The number of rotatable bonds is 6. The van der Waals surface area contributed by atoms with E-state index in [2.05, 4.69) is 5.32 Å². The van der Waals surface area contributed by atoms with E-state index in [0.717, 1.165) is 0 Å². The van der Waals surface area contributed by atoms with E-state index in [1.54, 1.807) is 21.0 Å². The maximum absolute atomic E-state index is 11.4. The van der Waals surface area contributed by atoms with E-state index in [1.165, 1.54) is 6.26 Å². The topological polar surface area (TPSA) is 55.4 Å². The molecule has 0 aliphatic rings. The predicted octanol–water partition coefficient (Wildman–Crippen LogP) is 0.434. The zero-order valence-electron chi connectivity index (χ0n) is 9.62. The van der Waals surface area contributed by atoms with Gasteiger partial charge in [-0.2, -0.15) is 0 Å². The fraction of sp³-hybridized carbons (Fsp3) is 1.00. The number of hydrogen-bond donors (Lipinski definition) is 1. The maximum Gasteiger partial charge on any atom is 0.153 e. The van der Waals surface area contributed by atoms with Crippen LogP contribution in [0, 0.1) is 0 Å². The van der Waals surface area contributed by atoms with Gasteiger partial charge < -0.3 is 10.1 Å². The molecular weight excluding hydrogens is 202 g/mol. The second kappa shape index (κ2) is 5.09. The summed E-state index contributed by atoms with van der Waals surface area (Å²) in [5.74, 6) is 0. The molecule has 1 atom stereocenters. The molecule has 0 heterocycles. The van der Waals surface area contributed by atoms with E-state index in [0.29, 0.717) is 13.2 Å². The molecule has 0 radical (unpaired) electrons. The van der Waals surface area contributed by atoms with Crippen LogP contribution in [0.1, 0.15) is 20.8 Å². The summed E-state index contributed by atoms with van der Waals surface area (Å²) >= 11 is 0. The van der Waals surface area contributed by atoms with Crippen LogP contribution in [-0.2, 0) is 14.6 Å². The maximum atomic E-state index is 11.4. The van der Waals surface area contributed by atoms with Gasteiger partial charge in [-0.3, -0.25) is 0 Å². The minimum absolute atomic E-state index is 0.168. The third-order valence-electron chi connectivity index (χ3n) is 2.30. The van der Waals surface area contributed by atoms with Crippen LogP contribution >= 0.6 is 0 Å². The second-order valence-corrected chi connectivity index (χ2v) is 6.92. The van der Waals surface area contributed by atoms with Gasteiger partial charge in [-0.25, -0.2) is 8.42 Å². The molecule has 0 rings (SSSR count). The van der Waals surface area contributed by atoms with E-state index >= 15 is 0 Å². The van der Waals surface area contributed by atoms with E-state index < -0.39 is 14.6 Å². The first-order valence-corrected chi connectivity index (χ1v) is 6.52. The first-order chi connectivity index (χ1) is 6.20. The van der Waals surface area contributed by atoms with E-state index in [9.17, 15) is 8.42 Å². The highest BCUT2D eigenvalue weighted by atomic mass is 32.2. The Labute approximate surface area is 86.9 Å². The van der Waals surface area contributed by atoms with Gasteiger partial charge in [0.15, 0.2) is 9.84 Å². The van der Waals surface area contributed by atoms with E-state index in [4.69, 9.17) is 4.74 Å². The monoisotopic (exact) mass is 223 g/mol. The minimum Gasteiger partial charge on any atom is -0.383 e. The van der Waals surface area contributed by atoms with Gasteiger partial charge in [-0.15, -0.1) is 0 Å². The predicted molar refractivity (Wildman–Crippen MR) is 58.3 cm³/mol. The molecule has 0 aliphatic heterocycles. The van der Waals surface area contributed by atoms with Gasteiger partial charge in [0.1, 0.15) is 0 Å². The number of sulfone groups is 1. The van der Waals surface area contributed by atoms with Crippen LogP contribution < -0.4 is 5.32 Å². The molecule has 0 aromatic carbocycles. The van der Waals surface area contributed by atoms with Crippen molar-refractivity contribution < 1.29 is 13.2 Å². The Hall–Kier alpha value is -0.130. The highest BCUT2D eigenvalue weighted by Crippen LogP contribution is 2.13. The van der Waals surface area contributed by atoms with Crippen molar-refractivity contribution in [3.63, 3.8) is 0 Å². The summed E-state index contributed by atoms with van der Waals surface area (Å²) in [5.41, 5.74) is 0. The number of ether oxygens (including phenoxy) is 1. The smallest absolute Gasteiger partial charge is 0.153 e. The molecule has 86 valence electrons. The Morgan fingerprint density at radius 1 is 1.43 bits per heavy atom. The molecule has 0 amide bonds. The van der Waals surface area contributed by atoms with Gasteiger partial charge in [0, 0.05) is 26.0 Å². The Balaban J connectivity index is 4.13. The van der Waals surface area contributed by atoms with Crippen molar-refractivity contribution in [3.8, 4) is 0 Å². The molecule has 0 aliphatic carbocycles. The molecule has 14 heavy (non-hydrogen) atoms. The van der Waals surface area contributed by atoms with Crippen molar-refractivity contribution in [2.24, 2.45) is 0 Å². The molecule has 1 unspecified atom stereocenters. The Morgan fingerprint density at radius 3 is 2.29 bits per heavy atom. The lowest BCUT2D eigenvalue weighted by molar-refractivity contribution is 0.171. The number of hydrogen-bond acceptors (Lipinski definition) is 4. The van der Waals surface area contributed by atoms with Gasteiger partial charge in [0.05, 0.1) is 11.4 Å². The standard InChI is InChI=1S/C9H21NO3S/c1-8(6-13-4)10-7-9(2,3)14(5,11)12/h8,10H,6-7H2,1-5H3. The van der Waals surface area contributed by atoms with Gasteiger partial charge in [0.25, 0.3) is 0 Å². The lowest BCUT2D eigenvalue weighted by atomic mass is 10.2. The van der Waals surface area contributed by atoms with Crippen LogP contribution in [0.25, 0.3) is 0 Å². The Kier molecular flexibility index (Phi) is 5.05. The van der Waals surface area contributed by atoms with Crippen LogP contribution in [0.4, 0.5) is 0 Å². The minimum atomic E-state index is -3.02. The van der Waals surface area contributed by atoms with Crippen LogP contribution in [0.3, 0.4) is 0 Å². The van der Waals surface area contributed by atoms with Gasteiger partial charge in [0.2, 0.25) is 0 Å². The second-order valence-electron chi connectivity index (χ2n) is 4.27.